The second kappa shape index (κ2) is 11.1. The summed E-state index contributed by atoms with van der Waals surface area (Å²) in [6.45, 7) is 14.4. The monoisotopic (exact) mass is 141 g/mol. The first-order chi connectivity index (χ1) is 4.85. The summed E-state index contributed by atoms with van der Waals surface area (Å²) in [4.78, 5) is 1.96. The summed E-state index contributed by atoms with van der Waals surface area (Å²) in [5.41, 5.74) is 0. The normalized spacial score (nSPS) is 7.10. The molecule has 0 aromatic heterocycles. The second-order valence-electron chi connectivity index (χ2n) is 1.60. The lowest BCUT2D eigenvalue weighted by molar-refractivity contribution is 0.504. The Bertz CT molecular complexity index is 68.8. The van der Waals surface area contributed by atoms with Gasteiger partial charge in [0, 0.05) is 6.54 Å². The zero-order valence-corrected chi connectivity index (χ0v) is 7.43. The van der Waals surface area contributed by atoms with Crippen LogP contribution in [0.1, 0.15) is 27.2 Å². The van der Waals surface area contributed by atoms with Gasteiger partial charge in [0.25, 0.3) is 0 Å². The number of nitrogens with zero attached hydrogens (tertiary/aromatic N) is 1. The molecule has 0 aliphatic heterocycles. The van der Waals surface area contributed by atoms with Crippen molar-refractivity contribution in [1.82, 2.24) is 4.90 Å². The van der Waals surface area contributed by atoms with Crippen molar-refractivity contribution in [2.45, 2.75) is 27.2 Å². The Morgan fingerprint density at radius 1 is 1.20 bits per heavy atom. The van der Waals surface area contributed by atoms with E-state index in [1.807, 2.05) is 18.7 Å². The van der Waals surface area contributed by atoms with Crippen LogP contribution in [0.5, 0.6) is 0 Å². The van der Waals surface area contributed by atoms with Crippen molar-refractivity contribution in [3.05, 3.63) is 25.6 Å². The standard InChI is InChI=1S/C7H13N.C2H6/c1-4-7-8(5-2)6-3;1-2/h5-6H,2-4,7H2,1H3;1-2H3. The summed E-state index contributed by atoms with van der Waals surface area (Å²) in [6, 6.07) is 0. The van der Waals surface area contributed by atoms with Gasteiger partial charge in [-0.05, 0) is 18.8 Å². The van der Waals surface area contributed by atoms with Gasteiger partial charge in [0.2, 0.25) is 0 Å². The van der Waals surface area contributed by atoms with Gasteiger partial charge in [-0.2, -0.15) is 0 Å². The SMILES string of the molecule is C=CN(C=C)CCC.CC. The van der Waals surface area contributed by atoms with E-state index in [-0.39, 0.29) is 0 Å². The summed E-state index contributed by atoms with van der Waals surface area (Å²) in [5.74, 6) is 0. The number of rotatable bonds is 4. The average Bonchev–Trinajstić information content (AvgIpc) is 2.04. The summed E-state index contributed by atoms with van der Waals surface area (Å²) in [7, 11) is 0. The Labute approximate surface area is 65.0 Å². The van der Waals surface area contributed by atoms with E-state index < -0.39 is 0 Å². The minimum atomic E-state index is 1.02. The second-order valence-corrected chi connectivity index (χ2v) is 1.60. The van der Waals surface area contributed by atoms with E-state index in [2.05, 4.69) is 20.1 Å². The molecule has 1 nitrogen and oxygen atoms in total. The highest BCUT2D eigenvalue weighted by atomic mass is 15.1. The van der Waals surface area contributed by atoms with Gasteiger partial charge in [-0.25, -0.2) is 0 Å². The molecule has 0 rings (SSSR count). The number of hydrogen-bond acceptors (Lipinski definition) is 1. The molecule has 0 aromatic carbocycles. The lowest BCUT2D eigenvalue weighted by Crippen LogP contribution is -2.08. The van der Waals surface area contributed by atoms with Crippen molar-refractivity contribution in [3.8, 4) is 0 Å². The maximum absolute atomic E-state index is 3.61. The molecule has 0 N–H and O–H groups in total. The molecule has 0 saturated heterocycles. The summed E-state index contributed by atoms with van der Waals surface area (Å²) < 4.78 is 0. The van der Waals surface area contributed by atoms with Crippen molar-refractivity contribution in [2.24, 2.45) is 0 Å². The topological polar surface area (TPSA) is 3.24 Å². The molecule has 10 heavy (non-hydrogen) atoms. The van der Waals surface area contributed by atoms with Crippen molar-refractivity contribution >= 4 is 0 Å². The zero-order valence-electron chi connectivity index (χ0n) is 7.43. The number of hydrogen-bond donors (Lipinski definition) is 0. The lowest BCUT2D eigenvalue weighted by atomic mass is 10.4. The van der Waals surface area contributed by atoms with Gasteiger partial charge in [-0.15, -0.1) is 0 Å². The molecule has 0 atom stereocenters. The molecular formula is C9H19N. The molecule has 0 radical (unpaired) electrons. The summed E-state index contributed by atoms with van der Waals surface area (Å²) >= 11 is 0. The fourth-order valence-electron chi connectivity index (χ4n) is 0.515. The van der Waals surface area contributed by atoms with E-state index in [0.29, 0.717) is 0 Å². The quantitative estimate of drug-likeness (QED) is 0.581. The molecule has 0 saturated carbocycles. The molecule has 0 aliphatic rings. The highest BCUT2D eigenvalue weighted by Gasteiger charge is 1.84. The van der Waals surface area contributed by atoms with Crippen LogP contribution in [0.25, 0.3) is 0 Å². The highest BCUT2D eigenvalue weighted by Crippen LogP contribution is 1.89. The van der Waals surface area contributed by atoms with Crippen LogP contribution in [-0.2, 0) is 0 Å². The van der Waals surface area contributed by atoms with Crippen LogP contribution in [0.2, 0.25) is 0 Å². The Hall–Kier alpha value is -0.720. The van der Waals surface area contributed by atoms with Crippen LogP contribution in [-0.4, -0.2) is 11.4 Å². The van der Waals surface area contributed by atoms with E-state index in [9.17, 15) is 0 Å². The van der Waals surface area contributed by atoms with Gasteiger partial charge in [0.05, 0.1) is 0 Å². The van der Waals surface area contributed by atoms with Crippen LogP contribution in [0.15, 0.2) is 25.6 Å². The molecule has 0 unspecified atom stereocenters. The van der Waals surface area contributed by atoms with Crippen LogP contribution in [0.4, 0.5) is 0 Å². The van der Waals surface area contributed by atoms with Gasteiger partial charge in [0.15, 0.2) is 0 Å². The van der Waals surface area contributed by atoms with E-state index in [4.69, 9.17) is 0 Å². The zero-order chi connectivity index (χ0) is 8.41. The van der Waals surface area contributed by atoms with Gasteiger partial charge in [0.1, 0.15) is 0 Å². The molecule has 0 heterocycles. The first-order valence-corrected chi connectivity index (χ1v) is 3.86. The predicted octanol–water partition coefficient (Wildman–Crippen LogP) is 3.01. The lowest BCUT2D eigenvalue weighted by Gasteiger charge is -2.10. The smallest absolute Gasteiger partial charge is 0.0216 e. The van der Waals surface area contributed by atoms with Gasteiger partial charge >= 0.3 is 0 Å². The minimum absolute atomic E-state index is 1.02. The fourth-order valence-corrected chi connectivity index (χ4v) is 0.515. The third-order valence-electron chi connectivity index (χ3n) is 0.951. The molecule has 0 aliphatic carbocycles. The molecule has 0 spiro atoms. The first kappa shape index (κ1) is 12.0. The van der Waals surface area contributed by atoms with Crippen LogP contribution in [0.3, 0.4) is 0 Å². The Balaban J connectivity index is 0. The highest BCUT2D eigenvalue weighted by molar-refractivity contribution is 4.79. The molecule has 0 aromatic rings. The predicted molar refractivity (Wildman–Crippen MR) is 48.7 cm³/mol. The van der Waals surface area contributed by atoms with Crippen molar-refractivity contribution in [3.63, 3.8) is 0 Å². The van der Waals surface area contributed by atoms with Gasteiger partial charge in [-0.3, -0.25) is 0 Å². The van der Waals surface area contributed by atoms with E-state index in [0.717, 1.165) is 13.0 Å². The van der Waals surface area contributed by atoms with Crippen LogP contribution >= 0.6 is 0 Å². The maximum atomic E-state index is 3.61. The average molecular weight is 141 g/mol. The van der Waals surface area contributed by atoms with Gasteiger partial charge < -0.3 is 4.90 Å². The molecule has 0 amide bonds. The van der Waals surface area contributed by atoms with Gasteiger partial charge in [-0.1, -0.05) is 33.9 Å². The summed E-state index contributed by atoms with van der Waals surface area (Å²) in [6.07, 6.45) is 4.69. The van der Waals surface area contributed by atoms with E-state index in [1.54, 1.807) is 12.4 Å². The van der Waals surface area contributed by atoms with Crippen LogP contribution < -0.4 is 0 Å². The van der Waals surface area contributed by atoms with Crippen molar-refractivity contribution < 1.29 is 0 Å². The van der Waals surface area contributed by atoms with Crippen LogP contribution in [0, 0.1) is 0 Å². The fraction of sp³-hybridized carbons (Fsp3) is 0.556. The summed E-state index contributed by atoms with van der Waals surface area (Å²) in [5, 5.41) is 0. The maximum Gasteiger partial charge on any atom is 0.0216 e. The molecular weight excluding hydrogens is 122 g/mol. The first-order valence-electron chi connectivity index (χ1n) is 3.86. The largest absolute Gasteiger partial charge is 0.355 e. The molecule has 0 bridgehead atoms. The Kier molecular flexibility index (Phi) is 13.4. The minimum Gasteiger partial charge on any atom is -0.355 e. The van der Waals surface area contributed by atoms with E-state index >= 15 is 0 Å². The van der Waals surface area contributed by atoms with E-state index in [1.165, 1.54) is 0 Å². The molecule has 1 heteroatoms. The third kappa shape index (κ3) is 7.28. The molecule has 60 valence electrons. The Morgan fingerprint density at radius 2 is 1.60 bits per heavy atom. The molecule has 0 fully saturated rings. The Morgan fingerprint density at radius 3 is 1.70 bits per heavy atom. The third-order valence-corrected chi connectivity index (χ3v) is 0.951. The van der Waals surface area contributed by atoms with Crippen molar-refractivity contribution in [1.29, 1.82) is 0 Å². The van der Waals surface area contributed by atoms with Crippen molar-refractivity contribution in [2.75, 3.05) is 6.54 Å².